The molecule has 2 heterocycles. The van der Waals surface area contributed by atoms with Gasteiger partial charge in [-0.25, -0.2) is 23.7 Å². The van der Waals surface area contributed by atoms with E-state index in [1.54, 1.807) is 0 Å². The monoisotopic (exact) mass is 379 g/mol. The van der Waals surface area contributed by atoms with Crippen LogP contribution in [0.4, 0.5) is 14.6 Å². The van der Waals surface area contributed by atoms with Gasteiger partial charge in [0.05, 0.1) is 6.20 Å². The van der Waals surface area contributed by atoms with Gasteiger partial charge in [0, 0.05) is 12.1 Å². The van der Waals surface area contributed by atoms with Crippen molar-refractivity contribution in [2.75, 3.05) is 12.3 Å². The minimum absolute atomic E-state index is 0.0308. The van der Waals surface area contributed by atoms with Crippen LogP contribution in [0, 0.1) is 11.6 Å². The Morgan fingerprint density at radius 1 is 1.27 bits per heavy atom. The first-order chi connectivity index (χ1) is 12.5. The van der Waals surface area contributed by atoms with E-state index in [0.29, 0.717) is 0 Å². The maximum Gasteiger partial charge on any atom is 0.273 e. The third-order valence-electron chi connectivity index (χ3n) is 3.45. The minimum atomic E-state index is -0.683. The first-order valence-corrected chi connectivity index (χ1v) is 7.79. The fourth-order valence-corrected chi connectivity index (χ4v) is 2.43. The van der Waals surface area contributed by atoms with E-state index < -0.39 is 17.5 Å². The molecule has 3 N–H and O–H groups in total. The number of benzene rings is 1. The summed E-state index contributed by atoms with van der Waals surface area (Å²) in [5.41, 5.74) is 5.51. The van der Waals surface area contributed by atoms with Gasteiger partial charge in [-0.3, -0.25) is 4.79 Å². The standard InChI is InChI=1S/C16H12ClF2N5O2/c17-13-11(16-22-6-7-26-16)24-14(20)12(23-13)15(25)21-5-4-8-9(18)2-1-3-10(8)19/h1-3,6-7H,4-5H2,(H2,20,24)(H,21,25). The molecule has 3 aromatic rings. The van der Waals surface area contributed by atoms with Crippen molar-refractivity contribution in [3.8, 4) is 11.6 Å². The number of nitrogens with one attached hydrogen (secondary N) is 1. The van der Waals surface area contributed by atoms with E-state index in [4.69, 9.17) is 21.8 Å². The van der Waals surface area contributed by atoms with E-state index in [-0.39, 0.29) is 46.8 Å². The summed E-state index contributed by atoms with van der Waals surface area (Å²) in [4.78, 5) is 24.0. The second kappa shape index (κ2) is 7.44. The number of carbonyl (C=O) groups excluding carboxylic acids is 1. The Morgan fingerprint density at radius 2 is 2.00 bits per heavy atom. The molecule has 10 heteroatoms. The van der Waals surface area contributed by atoms with Gasteiger partial charge < -0.3 is 15.5 Å². The van der Waals surface area contributed by atoms with Crippen LogP contribution in [0.1, 0.15) is 16.1 Å². The highest BCUT2D eigenvalue weighted by Gasteiger charge is 2.20. The lowest BCUT2D eigenvalue weighted by Crippen LogP contribution is -2.28. The topological polar surface area (TPSA) is 107 Å². The average Bonchev–Trinajstić information content (AvgIpc) is 3.13. The van der Waals surface area contributed by atoms with Crippen molar-refractivity contribution in [3.63, 3.8) is 0 Å². The van der Waals surface area contributed by atoms with Gasteiger partial charge in [-0.1, -0.05) is 17.7 Å². The normalized spacial score (nSPS) is 10.7. The van der Waals surface area contributed by atoms with Crippen molar-refractivity contribution >= 4 is 23.3 Å². The molecule has 2 aromatic heterocycles. The summed E-state index contributed by atoms with van der Waals surface area (Å²) in [6.07, 6.45) is 2.68. The van der Waals surface area contributed by atoms with Gasteiger partial charge in [0.1, 0.15) is 17.9 Å². The van der Waals surface area contributed by atoms with Crippen LogP contribution in [-0.4, -0.2) is 27.4 Å². The van der Waals surface area contributed by atoms with Crippen molar-refractivity contribution in [2.24, 2.45) is 0 Å². The number of halogens is 3. The molecule has 1 amide bonds. The molecule has 26 heavy (non-hydrogen) atoms. The molecule has 7 nitrogen and oxygen atoms in total. The van der Waals surface area contributed by atoms with Gasteiger partial charge in [-0.2, -0.15) is 0 Å². The number of carbonyl (C=O) groups is 1. The van der Waals surface area contributed by atoms with Gasteiger partial charge in [0.15, 0.2) is 22.4 Å². The molecule has 3 rings (SSSR count). The summed E-state index contributed by atoms with van der Waals surface area (Å²) in [5.74, 6) is -2.12. The van der Waals surface area contributed by atoms with Gasteiger partial charge in [0.25, 0.3) is 5.91 Å². The number of hydrogen-bond donors (Lipinski definition) is 2. The zero-order valence-corrected chi connectivity index (χ0v) is 13.9. The van der Waals surface area contributed by atoms with Crippen molar-refractivity contribution in [1.82, 2.24) is 20.3 Å². The summed E-state index contributed by atoms with van der Waals surface area (Å²) in [6.45, 7) is -0.0308. The van der Waals surface area contributed by atoms with E-state index >= 15 is 0 Å². The third-order valence-corrected chi connectivity index (χ3v) is 3.72. The molecule has 0 aliphatic heterocycles. The SMILES string of the molecule is Nc1nc(-c2ncco2)c(Cl)nc1C(=O)NCCc1c(F)cccc1F. The zero-order chi connectivity index (χ0) is 18.7. The van der Waals surface area contributed by atoms with Crippen LogP contribution in [0.2, 0.25) is 5.15 Å². The van der Waals surface area contributed by atoms with Crippen molar-refractivity contribution in [1.29, 1.82) is 0 Å². The van der Waals surface area contributed by atoms with Crippen molar-refractivity contribution < 1.29 is 18.0 Å². The number of nitrogens with two attached hydrogens (primary N) is 1. The molecule has 0 saturated heterocycles. The van der Waals surface area contributed by atoms with Gasteiger partial charge in [-0.05, 0) is 18.6 Å². The first kappa shape index (κ1) is 17.7. The van der Waals surface area contributed by atoms with Crippen molar-refractivity contribution in [2.45, 2.75) is 6.42 Å². The molecule has 0 aliphatic carbocycles. The predicted octanol–water partition coefficient (Wildman–Crippen LogP) is 2.62. The number of amides is 1. The van der Waals surface area contributed by atoms with Gasteiger partial charge in [0.2, 0.25) is 5.89 Å². The smallest absolute Gasteiger partial charge is 0.273 e. The molecule has 0 spiro atoms. The predicted molar refractivity (Wildman–Crippen MR) is 89.3 cm³/mol. The highest BCUT2D eigenvalue weighted by atomic mass is 35.5. The van der Waals surface area contributed by atoms with Gasteiger partial charge in [-0.15, -0.1) is 0 Å². The number of aromatic nitrogens is 3. The molecule has 1 aromatic carbocycles. The summed E-state index contributed by atoms with van der Waals surface area (Å²) < 4.78 is 32.2. The molecule has 0 bridgehead atoms. The molecule has 134 valence electrons. The van der Waals surface area contributed by atoms with E-state index in [9.17, 15) is 13.6 Å². The fraction of sp³-hybridized carbons (Fsp3) is 0.125. The zero-order valence-electron chi connectivity index (χ0n) is 13.2. The number of hydrogen-bond acceptors (Lipinski definition) is 6. The molecular formula is C16H12ClF2N5O2. The summed E-state index contributed by atoms with van der Waals surface area (Å²) in [5, 5.41) is 2.35. The number of rotatable bonds is 5. The second-order valence-electron chi connectivity index (χ2n) is 5.14. The van der Waals surface area contributed by atoms with Crippen LogP contribution >= 0.6 is 11.6 Å². The first-order valence-electron chi connectivity index (χ1n) is 7.41. The quantitative estimate of drug-likeness (QED) is 0.705. The largest absolute Gasteiger partial charge is 0.443 e. The maximum atomic E-state index is 13.6. The molecule has 0 unspecified atom stereocenters. The van der Waals surface area contributed by atoms with Crippen LogP contribution in [0.3, 0.4) is 0 Å². The van der Waals surface area contributed by atoms with Crippen LogP contribution in [-0.2, 0) is 6.42 Å². The summed E-state index contributed by atoms with van der Waals surface area (Å²) >= 11 is 6.00. The number of nitrogens with zero attached hydrogens (tertiary/aromatic N) is 3. The fourth-order valence-electron chi connectivity index (χ4n) is 2.23. The molecule has 0 aliphatic rings. The minimum Gasteiger partial charge on any atom is -0.443 e. The lowest BCUT2D eigenvalue weighted by Gasteiger charge is -2.09. The van der Waals surface area contributed by atoms with Crippen LogP contribution in [0.5, 0.6) is 0 Å². The second-order valence-corrected chi connectivity index (χ2v) is 5.50. The van der Waals surface area contributed by atoms with Crippen LogP contribution in [0.15, 0.2) is 35.1 Å². The molecule has 0 fully saturated rings. The molecule has 0 saturated carbocycles. The van der Waals surface area contributed by atoms with Crippen LogP contribution < -0.4 is 11.1 Å². The summed E-state index contributed by atoms with van der Waals surface area (Å²) in [6, 6.07) is 3.55. The van der Waals surface area contributed by atoms with Gasteiger partial charge >= 0.3 is 0 Å². The third kappa shape index (κ3) is 3.62. The molecule has 0 radical (unpaired) electrons. The summed E-state index contributed by atoms with van der Waals surface area (Å²) in [7, 11) is 0. The Kier molecular flexibility index (Phi) is 5.08. The highest BCUT2D eigenvalue weighted by molar-refractivity contribution is 6.31. The van der Waals surface area contributed by atoms with Crippen LogP contribution in [0.25, 0.3) is 11.6 Å². The van der Waals surface area contributed by atoms with E-state index in [1.807, 2.05) is 0 Å². The maximum absolute atomic E-state index is 13.6. The lowest BCUT2D eigenvalue weighted by atomic mass is 10.1. The Labute approximate surface area is 151 Å². The van der Waals surface area contributed by atoms with Crippen molar-refractivity contribution in [3.05, 3.63) is 58.7 Å². The lowest BCUT2D eigenvalue weighted by molar-refractivity contribution is 0.0949. The average molecular weight is 380 g/mol. The number of nitrogen functional groups attached to an aromatic ring is 1. The number of oxazole rings is 1. The van der Waals surface area contributed by atoms with E-state index in [2.05, 4.69) is 20.3 Å². The Hall–Kier alpha value is -3.07. The van der Waals surface area contributed by atoms with E-state index in [0.717, 1.165) is 12.1 Å². The van der Waals surface area contributed by atoms with E-state index in [1.165, 1.54) is 18.5 Å². The Morgan fingerprint density at radius 3 is 2.65 bits per heavy atom. The Bertz CT molecular complexity index is 930. The number of anilines is 1. The Balaban J connectivity index is 1.71. The highest BCUT2D eigenvalue weighted by Crippen LogP contribution is 2.25. The molecule has 0 atom stereocenters. The molecular weight excluding hydrogens is 368 g/mol.